The largest absolute Gasteiger partial charge is 0.481 e. The summed E-state index contributed by atoms with van der Waals surface area (Å²) >= 11 is 0. The van der Waals surface area contributed by atoms with Crippen molar-refractivity contribution in [2.24, 2.45) is 11.3 Å². The molecule has 3 saturated carbocycles. The molecule has 0 saturated heterocycles. The van der Waals surface area contributed by atoms with E-state index < -0.39 is 23.0 Å². The van der Waals surface area contributed by atoms with Gasteiger partial charge in [-0.2, -0.15) is 0 Å². The first-order valence-corrected chi connectivity index (χ1v) is 12.1. The van der Waals surface area contributed by atoms with Crippen molar-refractivity contribution in [1.29, 1.82) is 0 Å². The Hall–Kier alpha value is -3.35. The van der Waals surface area contributed by atoms with Crippen LogP contribution >= 0.6 is 0 Å². The van der Waals surface area contributed by atoms with Crippen LogP contribution < -0.4 is 10.6 Å². The number of hydrogen-bond donors (Lipinski definition) is 3. The molecule has 6 rings (SSSR count). The molecule has 3 fully saturated rings. The van der Waals surface area contributed by atoms with E-state index in [1.807, 2.05) is 24.3 Å². The summed E-state index contributed by atoms with van der Waals surface area (Å²) in [7, 11) is 0. The molecule has 0 aromatic heterocycles. The van der Waals surface area contributed by atoms with Gasteiger partial charge in [0.25, 0.3) is 0 Å². The van der Waals surface area contributed by atoms with Crippen molar-refractivity contribution in [2.45, 2.75) is 56.0 Å². The summed E-state index contributed by atoms with van der Waals surface area (Å²) < 4.78 is 5.64. The van der Waals surface area contributed by atoms with Crippen LogP contribution in [0.2, 0.25) is 0 Å². The topological polar surface area (TPSA) is 105 Å². The lowest BCUT2D eigenvalue weighted by Gasteiger charge is -2.21. The highest BCUT2D eigenvalue weighted by Crippen LogP contribution is 2.63. The van der Waals surface area contributed by atoms with E-state index in [0.29, 0.717) is 6.42 Å². The molecule has 3 atom stereocenters. The van der Waals surface area contributed by atoms with E-state index in [1.54, 1.807) is 0 Å². The summed E-state index contributed by atoms with van der Waals surface area (Å²) in [6, 6.07) is 16.3. The Bertz CT molecular complexity index is 1140. The number of aliphatic carboxylic acids is 1. The molecule has 0 spiro atoms. The lowest BCUT2D eigenvalue weighted by molar-refractivity contribution is -0.143. The summed E-state index contributed by atoms with van der Waals surface area (Å²) in [5.41, 5.74) is 3.50. The fourth-order valence-electron chi connectivity index (χ4n) is 6.20. The van der Waals surface area contributed by atoms with Crippen molar-refractivity contribution >= 4 is 18.0 Å². The molecule has 0 heterocycles. The zero-order valence-electron chi connectivity index (χ0n) is 18.9. The van der Waals surface area contributed by atoms with Gasteiger partial charge < -0.3 is 20.5 Å². The lowest BCUT2D eigenvalue weighted by atomic mass is 9.98. The highest BCUT2D eigenvalue weighted by molar-refractivity contribution is 5.82. The van der Waals surface area contributed by atoms with E-state index in [0.717, 1.165) is 36.8 Å². The number of amides is 2. The van der Waals surface area contributed by atoms with Gasteiger partial charge >= 0.3 is 12.1 Å². The van der Waals surface area contributed by atoms with Crippen LogP contribution in [0, 0.1) is 11.3 Å². The Labute approximate surface area is 197 Å². The van der Waals surface area contributed by atoms with E-state index in [9.17, 15) is 19.5 Å². The molecule has 2 aromatic rings. The minimum Gasteiger partial charge on any atom is -0.481 e. The quantitative estimate of drug-likeness (QED) is 0.583. The second-order valence-electron chi connectivity index (χ2n) is 10.5. The van der Waals surface area contributed by atoms with Crippen LogP contribution in [-0.2, 0) is 14.3 Å². The average molecular weight is 461 g/mol. The number of carbonyl (C=O) groups is 3. The molecular formula is C27H28N2O5. The molecule has 3 N–H and O–H groups in total. The maximum atomic E-state index is 12.6. The number of alkyl carbamates (subject to hydrolysis) is 1. The second kappa shape index (κ2) is 7.58. The van der Waals surface area contributed by atoms with Crippen LogP contribution in [0.25, 0.3) is 11.1 Å². The Morgan fingerprint density at radius 1 is 0.971 bits per heavy atom. The van der Waals surface area contributed by atoms with Gasteiger partial charge in [-0.15, -0.1) is 0 Å². The number of hydrogen-bond acceptors (Lipinski definition) is 4. The fourth-order valence-corrected chi connectivity index (χ4v) is 6.20. The lowest BCUT2D eigenvalue weighted by Crippen LogP contribution is -2.43. The summed E-state index contributed by atoms with van der Waals surface area (Å²) in [5.74, 6) is -0.704. The van der Waals surface area contributed by atoms with Gasteiger partial charge in [-0.3, -0.25) is 9.59 Å². The summed E-state index contributed by atoms with van der Waals surface area (Å²) in [4.78, 5) is 36.7. The predicted molar refractivity (Wildman–Crippen MR) is 124 cm³/mol. The summed E-state index contributed by atoms with van der Waals surface area (Å²) in [5, 5.41) is 15.3. The zero-order valence-corrected chi connectivity index (χ0v) is 18.9. The second-order valence-corrected chi connectivity index (χ2v) is 10.5. The normalized spacial score (nSPS) is 27.2. The molecule has 0 radical (unpaired) electrons. The summed E-state index contributed by atoms with van der Waals surface area (Å²) in [6.45, 7) is 0.239. The number of rotatable bonds is 7. The first kappa shape index (κ1) is 21.2. The number of carboxylic acids is 1. The van der Waals surface area contributed by atoms with Gasteiger partial charge in [0.2, 0.25) is 5.91 Å². The molecule has 2 amide bonds. The van der Waals surface area contributed by atoms with Crippen LogP contribution in [0.15, 0.2) is 48.5 Å². The highest BCUT2D eigenvalue weighted by Gasteiger charge is 2.65. The molecule has 2 aromatic carbocycles. The highest BCUT2D eigenvalue weighted by atomic mass is 16.5. The number of nitrogens with one attached hydrogen (secondary N) is 2. The molecule has 4 aliphatic rings. The van der Waals surface area contributed by atoms with Crippen molar-refractivity contribution in [3.05, 3.63) is 59.7 Å². The third-order valence-corrected chi connectivity index (χ3v) is 8.27. The van der Waals surface area contributed by atoms with Crippen molar-refractivity contribution in [3.8, 4) is 11.1 Å². The molecule has 7 nitrogen and oxygen atoms in total. The van der Waals surface area contributed by atoms with Crippen molar-refractivity contribution < 1.29 is 24.2 Å². The Balaban J connectivity index is 1.03. The van der Waals surface area contributed by atoms with Gasteiger partial charge in [0.1, 0.15) is 6.61 Å². The van der Waals surface area contributed by atoms with Gasteiger partial charge in [-0.05, 0) is 60.3 Å². The monoisotopic (exact) mass is 460 g/mol. The van der Waals surface area contributed by atoms with Crippen molar-refractivity contribution in [1.82, 2.24) is 10.6 Å². The minimum absolute atomic E-state index is 0.00745. The maximum Gasteiger partial charge on any atom is 0.407 e. The molecular weight excluding hydrogens is 432 g/mol. The first-order chi connectivity index (χ1) is 16.4. The molecule has 0 bridgehead atoms. The number of carbonyl (C=O) groups excluding carboxylic acids is 2. The average Bonchev–Trinajstić information content (AvgIpc) is 3.66. The third kappa shape index (κ3) is 3.54. The van der Waals surface area contributed by atoms with Crippen LogP contribution in [0.3, 0.4) is 0 Å². The number of carboxylic acid groups (broad SMARTS) is 1. The van der Waals surface area contributed by atoms with Gasteiger partial charge in [-0.25, -0.2) is 4.79 Å². The van der Waals surface area contributed by atoms with Gasteiger partial charge in [0.05, 0.1) is 11.0 Å². The number of benzene rings is 2. The molecule has 4 aliphatic carbocycles. The molecule has 176 valence electrons. The van der Waals surface area contributed by atoms with Crippen LogP contribution in [0.4, 0.5) is 4.79 Å². The van der Waals surface area contributed by atoms with Gasteiger partial charge in [-0.1, -0.05) is 48.5 Å². The SMILES string of the molecule is O=C(CC1(NC(=O)OCC2c3ccccc3-c3ccccc32)CC1)N[C@@H]1C[C@H]2C[C@@]2(C(=O)O)C1. The first-order valence-electron chi connectivity index (χ1n) is 12.1. The van der Waals surface area contributed by atoms with Crippen LogP contribution in [-0.4, -0.2) is 41.3 Å². The minimum atomic E-state index is -0.746. The van der Waals surface area contributed by atoms with Crippen molar-refractivity contribution in [3.63, 3.8) is 0 Å². The van der Waals surface area contributed by atoms with E-state index in [-0.39, 0.29) is 36.8 Å². The Morgan fingerprint density at radius 3 is 2.21 bits per heavy atom. The van der Waals surface area contributed by atoms with E-state index >= 15 is 0 Å². The molecule has 34 heavy (non-hydrogen) atoms. The van der Waals surface area contributed by atoms with E-state index in [4.69, 9.17) is 4.74 Å². The third-order valence-electron chi connectivity index (χ3n) is 8.27. The van der Waals surface area contributed by atoms with Crippen molar-refractivity contribution in [2.75, 3.05) is 6.61 Å². The molecule has 0 unspecified atom stereocenters. The molecule has 0 aliphatic heterocycles. The number of ether oxygens (including phenoxy) is 1. The van der Waals surface area contributed by atoms with Gasteiger partial charge in [0.15, 0.2) is 0 Å². The van der Waals surface area contributed by atoms with E-state index in [2.05, 4.69) is 34.9 Å². The summed E-state index contributed by atoms with van der Waals surface area (Å²) in [6.07, 6.45) is 3.11. The number of fused-ring (bicyclic) bond motifs is 4. The van der Waals surface area contributed by atoms with Crippen LogP contribution in [0.1, 0.15) is 55.6 Å². The fraction of sp³-hybridized carbons (Fsp3) is 0.444. The van der Waals surface area contributed by atoms with Crippen LogP contribution in [0.5, 0.6) is 0 Å². The smallest absolute Gasteiger partial charge is 0.407 e. The maximum absolute atomic E-state index is 12.6. The zero-order chi connectivity index (χ0) is 23.5. The predicted octanol–water partition coefficient (Wildman–Crippen LogP) is 3.82. The van der Waals surface area contributed by atoms with Gasteiger partial charge in [0, 0.05) is 18.4 Å². The molecule has 7 heteroatoms. The van der Waals surface area contributed by atoms with E-state index in [1.165, 1.54) is 11.1 Å². The Morgan fingerprint density at radius 2 is 1.62 bits per heavy atom. The standard InChI is InChI=1S/C27H28N2O5/c30-23(28-17-11-16-12-27(16,13-17)24(31)32)14-26(9-10-26)29-25(33)34-15-22-20-7-3-1-5-18(20)19-6-2-4-8-21(19)22/h1-8,16-17,22H,9-15H2,(H,28,30)(H,29,33)(H,31,32)/t16-,17+,27+/m0/s1. The Kier molecular flexibility index (Phi) is 4.73.